The monoisotopic (exact) mass is 381 g/mol. The van der Waals surface area contributed by atoms with Crippen molar-refractivity contribution in [3.8, 4) is 0 Å². The van der Waals surface area contributed by atoms with Crippen LogP contribution in [0.2, 0.25) is 0 Å². The van der Waals surface area contributed by atoms with Crippen LogP contribution in [0.15, 0.2) is 72.3 Å². The zero-order valence-electron chi connectivity index (χ0n) is 17.7. The van der Waals surface area contributed by atoms with Gasteiger partial charge in [-0.3, -0.25) is 9.79 Å². The molecule has 1 saturated heterocycles. The topological polar surface area (TPSA) is 35.9 Å². The maximum absolute atomic E-state index is 12.3. The van der Waals surface area contributed by atoms with Crippen LogP contribution in [0.5, 0.6) is 0 Å². The Morgan fingerprint density at radius 3 is 2.29 bits per heavy atom. The molecule has 1 aromatic carbocycles. The Labute approximate surface area is 171 Å². The van der Waals surface area contributed by atoms with E-state index in [-0.39, 0.29) is 12.5 Å². The molecule has 0 aliphatic carbocycles. The fourth-order valence-electron chi connectivity index (χ4n) is 2.85. The largest absolute Gasteiger partial charge is 0.341 e. The van der Waals surface area contributed by atoms with Crippen LogP contribution in [-0.2, 0) is 4.79 Å². The van der Waals surface area contributed by atoms with E-state index in [4.69, 9.17) is 0 Å². The summed E-state index contributed by atoms with van der Waals surface area (Å²) in [5.41, 5.74) is 2.01. The van der Waals surface area contributed by atoms with Crippen LogP contribution >= 0.6 is 0 Å². The van der Waals surface area contributed by atoms with Crippen LogP contribution in [0.25, 0.3) is 0 Å². The molecule has 1 fully saturated rings. The Kier molecular flexibility index (Phi) is 12.3. The fourth-order valence-corrected chi connectivity index (χ4v) is 2.85. The van der Waals surface area contributed by atoms with Gasteiger partial charge in [-0.2, -0.15) is 0 Å². The van der Waals surface area contributed by atoms with E-state index in [1.54, 1.807) is 6.08 Å². The minimum absolute atomic E-state index is 0.148. The van der Waals surface area contributed by atoms with Gasteiger partial charge in [0, 0.05) is 18.8 Å². The number of amides is 1. The Bertz CT molecular complexity index is 652. The number of rotatable bonds is 5. The first kappa shape index (κ1) is 23.6. The van der Waals surface area contributed by atoms with Crippen molar-refractivity contribution in [3.63, 3.8) is 0 Å². The summed E-state index contributed by atoms with van der Waals surface area (Å²) in [4.78, 5) is 21.0. The van der Waals surface area contributed by atoms with Crippen molar-refractivity contribution in [1.82, 2.24) is 9.80 Å². The maximum atomic E-state index is 12.3. The van der Waals surface area contributed by atoms with Crippen molar-refractivity contribution in [2.45, 2.75) is 26.7 Å². The summed E-state index contributed by atoms with van der Waals surface area (Å²) in [5.74, 6) is 0.148. The van der Waals surface area contributed by atoms with Gasteiger partial charge in [0.15, 0.2) is 0 Å². The molecule has 152 valence electrons. The number of allylic oxidation sites excluding steroid dienone is 5. The van der Waals surface area contributed by atoms with Crippen LogP contribution < -0.4 is 0 Å². The molecule has 0 aromatic heterocycles. The van der Waals surface area contributed by atoms with Gasteiger partial charge >= 0.3 is 0 Å². The second-order valence-electron chi connectivity index (χ2n) is 6.81. The summed E-state index contributed by atoms with van der Waals surface area (Å²) in [7, 11) is 2.14. The predicted molar refractivity (Wildman–Crippen MR) is 121 cm³/mol. The lowest BCUT2D eigenvalue weighted by atomic mass is 10.1. The Morgan fingerprint density at radius 2 is 1.71 bits per heavy atom. The third kappa shape index (κ3) is 10.0. The Morgan fingerprint density at radius 1 is 1.07 bits per heavy atom. The number of hydrogen-bond donors (Lipinski definition) is 0. The van der Waals surface area contributed by atoms with Gasteiger partial charge in [0.2, 0.25) is 5.91 Å². The third-order valence-corrected chi connectivity index (χ3v) is 4.48. The summed E-state index contributed by atoms with van der Waals surface area (Å²) in [6.07, 6.45) is 11.6. The molecule has 28 heavy (non-hydrogen) atoms. The molecule has 1 amide bonds. The Hall–Kier alpha value is -2.46. The molecule has 0 spiro atoms. The van der Waals surface area contributed by atoms with E-state index in [1.165, 1.54) is 0 Å². The normalized spacial score (nSPS) is 16.4. The van der Waals surface area contributed by atoms with Gasteiger partial charge in [-0.1, -0.05) is 67.3 Å². The molecule has 1 aromatic rings. The summed E-state index contributed by atoms with van der Waals surface area (Å²) in [5, 5.41) is 0. The van der Waals surface area contributed by atoms with Gasteiger partial charge in [0.25, 0.3) is 0 Å². The number of carbonyl (C=O) groups is 1. The second kappa shape index (κ2) is 14.6. The SMILES string of the molecule is C=C/C=C\C=C/C.CC(=NCC(=O)N1CCCN(C)CCC1)c1ccccc1. The van der Waals surface area contributed by atoms with E-state index in [2.05, 4.69) is 23.5 Å². The summed E-state index contributed by atoms with van der Waals surface area (Å²) in [6, 6.07) is 10.0. The highest BCUT2D eigenvalue weighted by atomic mass is 16.2. The van der Waals surface area contributed by atoms with E-state index in [0.29, 0.717) is 0 Å². The molecule has 2 rings (SSSR count). The first-order chi connectivity index (χ1) is 13.6. The number of aliphatic imine (C=N–C) groups is 1. The summed E-state index contributed by atoms with van der Waals surface area (Å²) >= 11 is 0. The van der Waals surface area contributed by atoms with Crippen molar-refractivity contribution >= 4 is 11.6 Å². The van der Waals surface area contributed by atoms with Crippen molar-refractivity contribution < 1.29 is 4.79 Å². The van der Waals surface area contributed by atoms with E-state index in [9.17, 15) is 4.79 Å². The molecule has 4 heteroatoms. The lowest BCUT2D eigenvalue weighted by molar-refractivity contribution is -0.130. The molecule has 1 aliphatic heterocycles. The second-order valence-corrected chi connectivity index (χ2v) is 6.81. The highest BCUT2D eigenvalue weighted by molar-refractivity contribution is 5.99. The van der Waals surface area contributed by atoms with Crippen LogP contribution in [0.1, 0.15) is 32.3 Å². The molecule has 0 N–H and O–H groups in total. The van der Waals surface area contributed by atoms with Gasteiger partial charge in [0.05, 0.1) is 0 Å². The first-order valence-electron chi connectivity index (χ1n) is 10.0. The van der Waals surface area contributed by atoms with Crippen LogP contribution in [0.4, 0.5) is 0 Å². The average molecular weight is 382 g/mol. The van der Waals surface area contributed by atoms with Gasteiger partial charge in [-0.25, -0.2) is 0 Å². The lowest BCUT2D eigenvalue weighted by Gasteiger charge is -2.28. The van der Waals surface area contributed by atoms with Gasteiger partial charge in [-0.05, 0) is 52.4 Å². The molecular weight excluding hydrogens is 346 g/mol. The number of carbonyl (C=O) groups excluding carboxylic acids is 1. The smallest absolute Gasteiger partial charge is 0.244 e. The van der Waals surface area contributed by atoms with Crippen LogP contribution in [0, 0.1) is 0 Å². The van der Waals surface area contributed by atoms with Crippen LogP contribution in [0.3, 0.4) is 0 Å². The van der Waals surface area contributed by atoms with Crippen molar-refractivity contribution in [1.29, 1.82) is 0 Å². The van der Waals surface area contributed by atoms with E-state index >= 15 is 0 Å². The van der Waals surface area contributed by atoms with E-state index in [1.807, 2.05) is 73.4 Å². The lowest BCUT2D eigenvalue weighted by Crippen LogP contribution is -2.39. The van der Waals surface area contributed by atoms with E-state index in [0.717, 1.165) is 50.3 Å². The minimum Gasteiger partial charge on any atom is -0.341 e. The predicted octanol–water partition coefficient (Wildman–Crippen LogP) is 4.35. The van der Waals surface area contributed by atoms with Crippen LogP contribution in [-0.4, -0.2) is 61.2 Å². The van der Waals surface area contributed by atoms with Crippen molar-refractivity contribution in [2.24, 2.45) is 4.99 Å². The average Bonchev–Trinajstić information content (AvgIpc) is 2.70. The number of hydrogen-bond acceptors (Lipinski definition) is 3. The summed E-state index contributed by atoms with van der Waals surface area (Å²) < 4.78 is 0. The minimum atomic E-state index is 0.148. The molecule has 1 heterocycles. The zero-order chi connectivity index (χ0) is 20.6. The zero-order valence-corrected chi connectivity index (χ0v) is 17.7. The molecule has 0 atom stereocenters. The fraction of sp³-hybridized carbons (Fsp3) is 0.417. The third-order valence-electron chi connectivity index (χ3n) is 4.48. The highest BCUT2D eigenvalue weighted by Crippen LogP contribution is 2.05. The van der Waals surface area contributed by atoms with Crippen molar-refractivity contribution in [2.75, 3.05) is 39.8 Å². The van der Waals surface area contributed by atoms with E-state index < -0.39 is 0 Å². The summed E-state index contributed by atoms with van der Waals surface area (Å²) in [6.45, 7) is 11.5. The molecule has 1 aliphatic rings. The highest BCUT2D eigenvalue weighted by Gasteiger charge is 2.15. The maximum Gasteiger partial charge on any atom is 0.244 e. The number of nitrogens with zero attached hydrogens (tertiary/aromatic N) is 3. The molecular formula is C24H35N3O. The molecule has 0 radical (unpaired) electrons. The molecule has 4 nitrogen and oxygen atoms in total. The van der Waals surface area contributed by atoms with Crippen molar-refractivity contribution in [3.05, 3.63) is 72.9 Å². The number of benzene rings is 1. The molecule has 0 unspecified atom stereocenters. The van der Waals surface area contributed by atoms with Gasteiger partial charge in [0.1, 0.15) is 6.54 Å². The quantitative estimate of drug-likeness (QED) is 0.561. The van der Waals surface area contributed by atoms with Gasteiger partial charge in [-0.15, -0.1) is 0 Å². The first-order valence-corrected chi connectivity index (χ1v) is 10.0. The standard InChI is InChI=1S/C17H25N3O.C7H10/c1-15(16-8-4-3-5-9-16)18-14-17(21)20-12-6-10-19(2)11-7-13-20;1-3-5-7-6-4-2/h3-5,8-9H,6-7,10-14H2,1-2H3;3-7H,1H2,2H3/b;6-4-,7-5-. The Balaban J connectivity index is 0.000000480. The molecule has 0 bridgehead atoms. The molecule has 0 saturated carbocycles. The van der Waals surface area contributed by atoms with Gasteiger partial charge < -0.3 is 9.80 Å².